The van der Waals surface area contributed by atoms with Gasteiger partial charge in [0.15, 0.2) is 11.5 Å². The molecule has 148 valence electrons. The molecule has 1 saturated heterocycles. The maximum atomic E-state index is 12.9. The number of nitrogens with one attached hydrogen (secondary N) is 1. The number of ether oxygens (including phenoxy) is 2. The van der Waals surface area contributed by atoms with Gasteiger partial charge in [-0.2, -0.15) is 0 Å². The lowest BCUT2D eigenvalue weighted by atomic mass is 10.1. The molecular weight excluding hydrogens is 380 g/mol. The van der Waals surface area contributed by atoms with Crippen LogP contribution >= 0.6 is 11.6 Å². The molecule has 0 aliphatic carbocycles. The zero-order chi connectivity index (χ0) is 20.1. The Bertz CT molecular complexity index is 879. The van der Waals surface area contributed by atoms with Crippen molar-refractivity contribution in [2.75, 3.05) is 32.6 Å². The van der Waals surface area contributed by atoms with Crippen LogP contribution in [0.3, 0.4) is 0 Å². The molecule has 0 aromatic heterocycles. The van der Waals surface area contributed by atoms with Crippen LogP contribution in [-0.4, -0.2) is 44.0 Å². The number of amides is 2. The Hall–Kier alpha value is -2.73. The normalized spacial score (nSPS) is 13.8. The van der Waals surface area contributed by atoms with E-state index in [4.69, 9.17) is 21.1 Å². The topological polar surface area (TPSA) is 67.9 Å². The van der Waals surface area contributed by atoms with Gasteiger partial charge in [-0.15, -0.1) is 0 Å². The zero-order valence-electron chi connectivity index (χ0n) is 16.0. The standard InChI is InChI=1S/C21H23ClN2O4/c1-27-18-13-14(12-16(22)19(18)28-2)20(25)23-17-9-5-4-8-15(17)21(26)24-10-6-3-7-11-24/h4-5,8-9,12-13H,3,6-7,10-11H2,1-2H3,(H,23,25). The second-order valence-corrected chi connectivity index (χ2v) is 6.95. The van der Waals surface area contributed by atoms with Gasteiger partial charge in [-0.3, -0.25) is 9.59 Å². The van der Waals surface area contributed by atoms with Crippen LogP contribution in [0.2, 0.25) is 5.02 Å². The van der Waals surface area contributed by atoms with Gasteiger partial charge in [0.05, 0.1) is 30.5 Å². The van der Waals surface area contributed by atoms with Gasteiger partial charge in [-0.25, -0.2) is 0 Å². The first-order chi connectivity index (χ1) is 13.5. The quantitative estimate of drug-likeness (QED) is 0.812. The molecule has 1 aliphatic rings. The number of hydrogen-bond acceptors (Lipinski definition) is 4. The smallest absolute Gasteiger partial charge is 0.255 e. The van der Waals surface area contributed by atoms with Gasteiger partial charge in [0, 0.05) is 18.7 Å². The fourth-order valence-electron chi connectivity index (χ4n) is 3.29. The molecule has 1 heterocycles. The number of carbonyl (C=O) groups excluding carboxylic acids is 2. The van der Waals surface area contributed by atoms with Crippen LogP contribution in [0.25, 0.3) is 0 Å². The molecule has 0 atom stereocenters. The number of rotatable bonds is 5. The second-order valence-electron chi connectivity index (χ2n) is 6.55. The number of methoxy groups -OCH3 is 2. The number of carbonyl (C=O) groups is 2. The molecule has 2 aromatic rings. The molecule has 0 radical (unpaired) electrons. The monoisotopic (exact) mass is 402 g/mol. The van der Waals surface area contributed by atoms with E-state index in [0.717, 1.165) is 32.4 Å². The molecular formula is C21H23ClN2O4. The van der Waals surface area contributed by atoms with E-state index in [9.17, 15) is 9.59 Å². The molecule has 1 N–H and O–H groups in total. The van der Waals surface area contributed by atoms with E-state index in [1.54, 1.807) is 30.3 Å². The first-order valence-corrected chi connectivity index (χ1v) is 9.54. The summed E-state index contributed by atoms with van der Waals surface area (Å²) >= 11 is 6.20. The number of piperidine rings is 1. The van der Waals surface area contributed by atoms with Crippen molar-refractivity contribution in [1.82, 2.24) is 4.90 Å². The van der Waals surface area contributed by atoms with Crippen molar-refractivity contribution in [3.63, 3.8) is 0 Å². The number of nitrogens with zero attached hydrogens (tertiary/aromatic N) is 1. The van der Waals surface area contributed by atoms with Gasteiger partial charge < -0.3 is 19.7 Å². The van der Waals surface area contributed by atoms with Gasteiger partial charge in [0.1, 0.15) is 0 Å². The number of anilines is 1. The van der Waals surface area contributed by atoms with Gasteiger partial charge in [0.25, 0.3) is 11.8 Å². The van der Waals surface area contributed by atoms with E-state index in [2.05, 4.69) is 5.32 Å². The van der Waals surface area contributed by atoms with E-state index < -0.39 is 0 Å². The molecule has 0 unspecified atom stereocenters. The van der Waals surface area contributed by atoms with Crippen molar-refractivity contribution in [1.29, 1.82) is 0 Å². The molecule has 0 saturated carbocycles. The van der Waals surface area contributed by atoms with Gasteiger partial charge >= 0.3 is 0 Å². The van der Waals surface area contributed by atoms with Crippen LogP contribution in [0.5, 0.6) is 11.5 Å². The fraction of sp³-hybridized carbons (Fsp3) is 0.333. The van der Waals surface area contributed by atoms with Crippen molar-refractivity contribution in [3.8, 4) is 11.5 Å². The number of likely N-dealkylation sites (tertiary alicyclic amines) is 1. The molecule has 7 heteroatoms. The highest BCUT2D eigenvalue weighted by atomic mass is 35.5. The summed E-state index contributed by atoms with van der Waals surface area (Å²) in [5.74, 6) is 0.266. The first kappa shape index (κ1) is 20.0. The van der Waals surface area contributed by atoms with E-state index >= 15 is 0 Å². The predicted molar refractivity (Wildman–Crippen MR) is 109 cm³/mol. The summed E-state index contributed by atoms with van der Waals surface area (Å²) in [6.45, 7) is 1.48. The van der Waals surface area contributed by atoms with Crippen LogP contribution in [-0.2, 0) is 0 Å². The summed E-state index contributed by atoms with van der Waals surface area (Å²) in [7, 11) is 2.95. The van der Waals surface area contributed by atoms with E-state index in [-0.39, 0.29) is 16.8 Å². The van der Waals surface area contributed by atoms with Crippen LogP contribution in [0.1, 0.15) is 40.0 Å². The molecule has 1 fully saturated rings. The summed E-state index contributed by atoms with van der Waals surface area (Å²) in [6.07, 6.45) is 3.15. The van der Waals surface area contributed by atoms with E-state index in [1.807, 2.05) is 4.90 Å². The van der Waals surface area contributed by atoms with Crippen molar-refractivity contribution in [3.05, 3.63) is 52.5 Å². The second kappa shape index (κ2) is 8.97. The first-order valence-electron chi connectivity index (χ1n) is 9.16. The maximum Gasteiger partial charge on any atom is 0.255 e. The number of benzene rings is 2. The summed E-state index contributed by atoms with van der Waals surface area (Å²) in [5.41, 5.74) is 1.25. The minimum atomic E-state index is -0.387. The molecule has 2 aromatic carbocycles. The molecule has 0 bridgehead atoms. The molecule has 28 heavy (non-hydrogen) atoms. The van der Waals surface area contributed by atoms with Crippen molar-refractivity contribution in [2.45, 2.75) is 19.3 Å². The highest BCUT2D eigenvalue weighted by Crippen LogP contribution is 2.36. The Kier molecular flexibility index (Phi) is 6.41. The third-order valence-corrected chi connectivity index (χ3v) is 5.03. The van der Waals surface area contributed by atoms with Crippen LogP contribution in [0.15, 0.2) is 36.4 Å². The van der Waals surface area contributed by atoms with Gasteiger partial charge in [-0.1, -0.05) is 23.7 Å². The lowest BCUT2D eigenvalue weighted by molar-refractivity contribution is 0.0725. The summed E-state index contributed by atoms with van der Waals surface area (Å²) < 4.78 is 10.4. The highest BCUT2D eigenvalue weighted by molar-refractivity contribution is 6.32. The molecule has 0 spiro atoms. The lowest BCUT2D eigenvalue weighted by Gasteiger charge is -2.27. The van der Waals surface area contributed by atoms with E-state index in [0.29, 0.717) is 28.3 Å². The maximum absolute atomic E-state index is 12.9. The summed E-state index contributed by atoms with van der Waals surface area (Å²) in [6, 6.07) is 10.1. The van der Waals surface area contributed by atoms with Crippen LogP contribution < -0.4 is 14.8 Å². The number of hydrogen-bond donors (Lipinski definition) is 1. The van der Waals surface area contributed by atoms with Crippen molar-refractivity contribution < 1.29 is 19.1 Å². The summed E-state index contributed by atoms with van der Waals surface area (Å²) in [4.78, 5) is 27.5. The third kappa shape index (κ3) is 4.22. The Morgan fingerprint density at radius 2 is 1.75 bits per heavy atom. The van der Waals surface area contributed by atoms with Crippen LogP contribution in [0, 0.1) is 0 Å². The lowest BCUT2D eigenvalue weighted by Crippen LogP contribution is -2.36. The molecule has 2 amide bonds. The van der Waals surface area contributed by atoms with Gasteiger partial charge in [-0.05, 0) is 43.5 Å². The average molecular weight is 403 g/mol. The minimum Gasteiger partial charge on any atom is -0.493 e. The minimum absolute atomic E-state index is 0.0686. The third-order valence-electron chi connectivity index (χ3n) is 4.74. The summed E-state index contributed by atoms with van der Waals surface area (Å²) in [5, 5.41) is 3.09. The largest absolute Gasteiger partial charge is 0.493 e. The van der Waals surface area contributed by atoms with Crippen LogP contribution in [0.4, 0.5) is 5.69 Å². The number of para-hydroxylation sites is 1. The van der Waals surface area contributed by atoms with Crippen molar-refractivity contribution in [2.24, 2.45) is 0 Å². The average Bonchev–Trinajstić information content (AvgIpc) is 2.73. The predicted octanol–water partition coefficient (Wildman–Crippen LogP) is 4.24. The van der Waals surface area contributed by atoms with Crippen molar-refractivity contribution >= 4 is 29.1 Å². The van der Waals surface area contributed by atoms with E-state index in [1.165, 1.54) is 20.3 Å². The Morgan fingerprint density at radius 3 is 2.43 bits per heavy atom. The molecule has 1 aliphatic heterocycles. The zero-order valence-corrected chi connectivity index (χ0v) is 16.7. The fourth-order valence-corrected chi connectivity index (χ4v) is 3.58. The Morgan fingerprint density at radius 1 is 1.04 bits per heavy atom. The highest BCUT2D eigenvalue weighted by Gasteiger charge is 2.22. The Balaban J connectivity index is 1.85. The van der Waals surface area contributed by atoms with Gasteiger partial charge in [0.2, 0.25) is 0 Å². The Labute approximate surface area is 169 Å². The SMILES string of the molecule is COc1cc(C(=O)Nc2ccccc2C(=O)N2CCCCC2)cc(Cl)c1OC. The molecule has 3 rings (SSSR count). The number of halogens is 1. The molecule has 6 nitrogen and oxygen atoms in total.